The molecule has 0 saturated heterocycles. The number of methoxy groups -OCH3 is 3. The maximum absolute atomic E-state index is 13.2. The first-order valence-corrected chi connectivity index (χ1v) is 9.50. The normalized spacial score (nSPS) is 11.4. The number of aliphatic hydroxyl groups is 1. The molecule has 0 fully saturated rings. The number of ether oxygens (including phenoxy) is 4. The average molecular weight is 413 g/mol. The van der Waals surface area contributed by atoms with Crippen LogP contribution in [0.15, 0.2) is 36.4 Å². The predicted octanol–water partition coefficient (Wildman–Crippen LogP) is 4.61. The summed E-state index contributed by atoms with van der Waals surface area (Å²) in [5.74, 6) is 1.71. The molecule has 0 bridgehead atoms. The van der Waals surface area contributed by atoms with Crippen molar-refractivity contribution in [3.63, 3.8) is 0 Å². The standard InChI is InChI=1S/C23H27NO6/c1-23(2,3)30-22(26)24-20(14-7-16(27-4)10-17(8-14)28-5)12-19-15(13-25)9-18(29-6)11-21(19)24/h7-12,25H,13H2,1-6H3. The number of nitrogens with zero attached hydrogens (tertiary/aromatic N) is 1. The first kappa shape index (κ1) is 21.5. The SMILES string of the molecule is COc1cc(OC)cc(-c2cc3c(CO)cc(OC)cc3n2C(=O)OC(C)(C)C)c1. The molecule has 0 radical (unpaired) electrons. The van der Waals surface area contributed by atoms with E-state index in [0.29, 0.717) is 39.6 Å². The van der Waals surface area contributed by atoms with Gasteiger partial charge < -0.3 is 24.1 Å². The second-order valence-corrected chi connectivity index (χ2v) is 7.82. The van der Waals surface area contributed by atoms with Crippen LogP contribution < -0.4 is 14.2 Å². The highest BCUT2D eigenvalue weighted by Crippen LogP contribution is 2.37. The number of aliphatic hydroxyl groups excluding tert-OH is 1. The maximum atomic E-state index is 13.2. The van der Waals surface area contributed by atoms with Crippen LogP contribution in [0, 0.1) is 0 Å². The van der Waals surface area contributed by atoms with Crippen LogP contribution in [0.5, 0.6) is 17.2 Å². The molecule has 1 N–H and O–H groups in total. The number of carbonyl (C=O) groups excluding carboxylic acids is 1. The van der Waals surface area contributed by atoms with Gasteiger partial charge in [0.05, 0.1) is 39.1 Å². The van der Waals surface area contributed by atoms with Crippen LogP contribution in [0.4, 0.5) is 4.79 Å². The number of rotatable bonds is 5. The van der Waals surface area contributed by atoms with Crippen LogP contribution in [0.1, 0.15) is 26.3 Å². The minimum Gasteiger partial charge on any atom is -0.497 e. The molecule has 1 heterocycles. The third-order valence-corrected chi connectivity index (χ3v) is 4.61. The Kier molecular flexibility index (Phi) is 5.94. The van der Waals surface area contributed by atoms with Crippen molar-refractivity contribution in [1.29, 1.82) is 0 Å². The summed E-state index contributed by atoms with van der Waals surface area (Å²) in [5, 5.41) is 10.6. The maximum Gasteiger partial charge on any atom is 0.419 e. The number of carbonyl (C=O) groups is 1. The predicted molar refractivity (Wildman–Crippen MR) is 115 cm³/mol. The summed E-state index contributed by atoms with van der Waals surface area (Å²) in [6.45, 7) is 5.23. The molecule has 0 saturated carbocycles. The van der Waals surface area contributed by atoms with Crippen molar-refractivity contribution in [3.05, 3.63) is 42.0 Å². The van der Waals surface area contributed by atoms with Gasteiger partial charge >= 0.3 is 6.09 Å². The van der Waals surface area contributed by atoms with Crippen molar-refractivity contribution in [2.75, 3.05) is 21.3 Å². The molecule has 1 aromatic heterocycles. The van der Waals surface area contributed by atoms with Gasteiger partial charge in [-0.1, -0.05) is 0 Å². The molecule has 0 aliphatic heterocycles. The summed E-state index contributed by atoms with van der Waals surface area (Å²) < 4.78 is 23.3. The van der Waals surface area contributed by atoms with Crippen molar-refractivity contribution in [1.82, 2.24) is 4.57 Å². The zero-order valence-corrected chi connectivity index (χ0v) is 18.1. The Balaban J connectivity index is 2.35. The lowest BCUT2D eigenvalue weighted by Crippen LogP contribution is -2.27. The van der Waals surface area contributed by atoms with Gasteiger partial charge in [0, 0.05) is 23.1 Å². The molecule has 0 aliphatic rings. The third-order valence-electron chi connectivity index (χ3n) is 4.61. The van der Waals surface area contributed by atoms with Gasteiger partial charge in [-0.15, -0.1) is 0 Å². The van der Waals surface area contributed by atoms with E-state index in [9.17, 15) is 9.90 Å². The minimum atomic E-state index is -0.685. The van der Waals surface area contributed by atoms with Gasteiger partial charge in [0.15, 0.2) is 0 Å². The summed E-state index contributed by atoms with van der Waals surface area (Å²) in [6.07, 6.45) is -0.536. The molecule has 0 unspecified atom stereocenters. The first-order chi connectivity index (χ1) is 14.2. The quantitative estimate of drug-likeness (QED) is 0.658. The van der Waals surface area contributed by atoms with Gasteiger partial charge in [-0.05, 0) is 50.6 Å². The highest BCUT2D eigenvalue weighted by Gasteiger charge is 2.25. The van der Waals surface area contributed by atoms with E-state index >= 15 is 0 Å². The molecule has 0 atom stereocenters. The van der Waals surface area contributed by atoms with Gasteiger partial charge in [0.1, 0.15) is 22.8 Å². The molecular weight excluding hydrogens is 386 g/mol. The molecular formula is C23H27NO6. The fourth-order valence-electron chi connectivity index (χ4n) is 3.27. The average Bonchev–Trinajstić information content (AvgIpc) is 3.10. The Labute approximate surface area is 175 Å². The monoisotopic (exact) mass is 413 g/mol. The van der Waals surface area contributed by atoms with Crippen LogP contribution in [-0.2, 0) is 11.3 Å². The van der Waals surface area contributed by atoms with E-state index in [-0.39, 0.29) is 6.61 Å². The number of hydrogen-bond donors (Lipinski definition) is 1. The van der Waals surface area contributed by atoms with Gasteiger partial charge in [0.2, 0.25) is 0 Å². The lowest BCUT2D eigenvalue weighted by Gasteiger charge is -2.21. The molecule has 0 aliphatic carbocycles. The van der Waals surface area contributed by atoms with E-state index in [1.54, 1.807) is 32.4 Å². The van der Waals surface area contributed by atoms with Crippen molar-refractivity contribution in [2.45, 2.75) is 33.0 Å². The topological polar surface area (TPSA) is 79.2 Å². The largest absolute Gasteiger partial charge is 0.497 e. The van der Waals surface area contributed by atoms with Crippen LogP contribution in [-0.4, -0.2) is 42.7 Å². The van der Waals surface area contributed by atoms with E-state index in [1.807, 2.05) is 39.0 Å². The Morgan fingerprint density at radius 1 is 0.900 bits per heavy atom. The third kappa shape index (κ3) is 4.21. The van der Waals surface area contributed by atoms with Gasteiger partial charge in [0.25, 0.3) is 0 Å². The minimum absolute atomic E-state index is 0.201. The van der Waals surface area contributed by atoms with E-state index in [2.05, 4.69) is 0 Å². The number of fused-ring (bicyclic) bond motifs is 1. The zero-order valence-electron chi connectivity index (χ0n) is 18.1. The second-order valence-electron chi connectivity index (χ2n) is 7.82. The smallest absolute Gasteiger partial charge is 0.419 e. The highest BCUT2D eigenvalue weighted by molar-refractivity contribution is 5.98. The molecule has 3 rings (SSSR count). The molecule has 0 spiro atoms. The fraction of sp³-hybridized carbons (Fsp3) is 0.348. The molecule has 2 aromatic carbocycles. The zero-order chi connectivity index (χ0) is 22.1. The Morgan fingerprint density at radius 2 is 1.47 bits per heavy atom. The summed E-state index contributed by atoms with van der Waals surface area (Å²) in [4.78, 5) is 13.2. The lowest BCUT2D eigenvalue weighted by molar-refractivity contribution is 0.0547. The van der Waals surface area contributed by atoms with Crippen molar-refractivity contribution >= 4 is 17.0 Å². The van der Waals surface area contributed by atoms with Gasteiger partial charge in [-0.25, -0.2) is 9.36 Å². The second kappa shape index (κ2) is 8.28. The van der Waals surface area contributed by atoms with Crippen molar-refractivity contribution in [2.24, 2.45) is 0 Å². The van der Waals surface area contributed by atoms with Gasteiger partial charge in [-0.3, -0.25) is 0 Å². The molecule has 160 valence electrons. The number of aromatic nitrogens is 1. The van der Waals surface area contributed by atoms with Crippen LogP contribution in [0.25, 0.3) is 22.2 Å². The summed E-state index contributed by atoms with van der Waals surface area (Å²) in [7, 11) is 4.67. The van der Waals surface area contributed by atoms with Crippen LogP contribution in [0.3, 0.4) is 0 Å². The Bertz CT molecular complexity index is 1060. The molecule has 30 heavy (non-hydrogen) atoms. The number of benzene rings is 2. The van der Waals surface area contributed by atoms with Gasteiger partial charge in [-0.2, -0.15) is 0 Å². The highest BCUT2D eigenvalue weighted by atomic mass is 16.6. The number of hydrogen-bond acceptors (Lipinski definition) is 6. The van der Waals surface area contributed by atoms with E-state index < -0.39 is 11.7 Å². The summed E-state index contributed by atoms with van der Waals surface area (Å²) in [5.41, 5.74) is 1.82. The molecule has 3 aromatic rings. The fourth-order valence-corrected chi connectivity index (χ4v) is 3.27. The molecule has 7 heteroatoms. The van der Waals surface area contributed by atoms with E-state index in [1.165, 1.54) is 11.7 Å². The Hall–Kier alpha value is -3.19. The summed E-state index contributed by atoms with van der Waals surface area (Å²) in [6, 6.07) is 10.7. The summed E-state index contributed by atoms with van der Waals surface area (Å²) >= 11 is 0. The van der Waals surface area contributed by atoms with Crippen LogP contribution in [0.2, 0.25) is 0 Å². The van der Waals surface area contributed by atoms with E-state index in [4.69, 9.17) is 18.9 Å². The van der Waals surface area contributed by atoms with Crippen molar-refractivity contribution in [3.8, 4) is 28.5 Å². The van der Waals surface area contributed by atoms with E-state index in [0.717, 1.165) is 5.39 Å². The Morgan fingerprint density at radius 3 is 1.97 bits per heavy atom. The van der Waals surface area contributed by atoms with Crippen molar-refractivity contribution < 1.29 is 28.8 Å². The van der Waals surface area contributed by atoms with Crippen LogP contribution >= 0.6 is 0 Å². The lowest BCUT2D eigenvalue weighted by atomic mass is 10.1. The first-order valence-electron chi connectivity index (χ1n) is 9.50. The molecule has 7 nitrogen and oxygen atoms in total. The molecule has 0 amide bonds.